The van der Waals surface area contributed by atoms with Crippen molar-refractivity contribution in [2.24, 2.45) is 5.92 Å². The number of rotatable bonds is 6. The minimum Gasteiger partial charge on any atom is -0.325 e. The second kappa shape index (κ2) is 7.51. The molecule has 23 heavy (non-hydrogen) atoms. The predicted octanol–water partition coefficient (Wildman–Crippen LogP) is 1.59. The Hall–Kier alpha value is -1.31. The van der Waals surface area contributed by atoms with Crippen molar-refractivity contribution in [1.82, 2.24) is 5.32 Å². The number of sulfonamides is 1. The predicted molar refractivity (Wildman–Crippen MR) is 93.7 cm³/mol. The molecule has 1 aliphatic carbocycles. The first kappa shape index (κ1) is 18.0. The fraction of sp³-hybridized carbons (Fsp3) is 0.533. The molecule has 1 aliphatic heterocycles. The monoisotopic (exact) mass is 359 g/mol. The summed E-state index contributed by atoms with van der Waals surface area (Å²) >= 11 is 0. The highest BCUT2D eigenvalue weighted by molar-refractivity contribution is 7.93. The lowest BCUT2D eigenvalue weighted by Crippen LogP contribution is -2.29. The first-order chi connectivity index (χ1) is 10.5. The fourth-order valence-corrected chi connectivity index (χ4v) is 4.12. The molecule has 1 aromatic carbocycles. The minimum absolute atomic E-state index is 0. The third-order valence-corrected chi connectivity index (χ3v) is 5.82. The van der Waals surface area contributed by atoms with E-state index in [0.717, 1.165) is 12.5 Å². The fourth-order valence-electron chi connectivity index (χ4n) is 2.56. The third kappa shape index (κ3) is 4.83. The van der Waals surface area contributed by atoms with E-state index in [1.165, 1.54) is 17.1 Å². The van der Waals surface area contributed by atoms with E-state index in [1.807, 2.05) is 0 Å². The van der Waals surface area contributed by atoms with Crippen LogP contribution in [-0.2, 0) is 14.8 Å². The topological polar surface area (TPSA) is 78.5 Å². The molecule has 1 aromatic rings. The van der Waals surface area contributed by atoms with Gasteiger partial charge in [0.2, 0.25) is 15.9 Å². The van der Waals surface area contributed by atoms with E-state index in [4.69, 9.17) is 0 Å². The van der Waals surface area contributed by atoms with E-state index in [9.17, 15) is 13.2 Å². The quantitative estimate of drug-likeness (QED) is 0.808. The molecule has 0 spiro atoms. The molecule has 0 unspecified atom stereocenters. The first-order valence-corrected chi connectivity index (χ1v) is 9.26. The van der Waals surface area contributed by atoms with E-state index in [1.54, 1.807) is 24.3 Å². The molecule has 1 saturated carbocycles. The summed E-state index contributed by atoms with van der Waals surface area (Å²) in [5, 5.41) is 5.94. The Balaban J connectivity index is 0.00000192. The number of benzene rings is 1. The summed E-state index contributed by atoms with van der Waals surface area (Å²) in [4.78, 5) is 11.8. The average Bonchev–Trinajstić information content (AvgIpc) is 3.22. The number of anilines is 2. The summed E-state index contributed by atoms with van der Waals surface area (Å²) in [5.41, 5.74) is 1.33. The Morgan fingerprint density at radius 1 is 1.22 bits per heavy atom. The number of nitrogens with one attached hydrogen (secondary N) is 2. The molecular weight excluding hydrogens is 338 g/mol. The molecule has 1 saturated heterocycles. The van der Waals surface area contributed by atoms with Gasteiger partial charge in [0, 0.05) is 12.2 Å². The molecule has 128 valence electrons. The molecule has 0 aromatic heterocycles. The van der Waals surface area contributed by atoms with Crippen molar-refractivity contribution in [3.63, 3.8) is 0 Å². The van der Waals surface area contributed by atoms with Gasteiger partial charge >= 0.3 is 0 Å². The highest BCUT2D eigenvalue weighted by atomic mass is 35.5. The lowest BCUT2D eigenvalue weighted by atomic mass is 10.2. The summed E-state index contributed by atoms with van der Waals surface area (Å²) in [6, 6.07) is 6.94. The minimum atomic E-state index is -3.15. The summed E-state index contributed by atoms with van der Waals surface area (Å²) in [7, 11) is -3.15. The van der Waals surface area contributed by atoms with Crippen LogP contribution >= 0.6 is 12.4 Å². The van der Waals surface area contributed by atoms with E-state index in [-0.39, 0.29) is 24.1 Å². The van der Waals surface area contributed by atoms with Crippen LogP contribution < -0.4 is 14.9 Å². The van der Waals surface area contributed by atoms with Gasteiger partial charge in [0.1, 0.15) is 0 Å². The molecule has 6 nitrogen and oxygen atoms in total. The number of hydrogen-bond acceptors (Lipinski definition) is 4. The Morgan fingerprint density at radius 3 is 2.48 bits per heavy atom. The van der Waals surface area contributed by atoms with Gasteiger partial charge in [-0.25, -0.2) is 8.42 Å². The highest BCUT2D eigenvalue weighted by Gasteiger charge is 2.28. The van der Waals surface area contributed by atoms with Crippen LogP contribution in [0.25, 0.3) is 0 Å². The van der Waals surface area contributed by atoms with Gasteiger partial charge in [-0.15, -0.1) is 12.4 Å². The van der Waals surface area contributed by atoms with Gasteiger partial charge in [0.15, 0.2) is 0 Å². The van der Waals surface area contributed by atoms with Crippen LogP contribution in [0.15, 0.2) is 24.3 Å². The summed E-state index contributed by atoms with van der Waals surface area (Å²) in [6.45, 7) is 1.73. The van der Waals surface area contributed by atoms with Crippen LogP contribution in [0.2, 0.25) is 0 Å². The Labute approximate surface area is 143 Å². The Kier molecular flexibility index (Phi) is 5.89. The van der Waals surface area contributed by atoms with Crippen molar-refractivity contribution in [3.05, 3.63) is 24.3 Å². The lowest BCUT2D eigenvalue weighted by Gasteiger charge is -2.17. The van der Waals surface area contributed by atoms with Gasteiger partial charge in [-0.05, 0) is 56.0 Å². The SMILES string of the molecule is Cl.O=C(CNCC1CC1)Nc1ccc(N2CCCS2(=O)=O)cc1. The van der Waals surface area contributed by atoms with Crippen molar-refractivity contribution in [1.29, 1.82) is 0 Å². The van der Waals surface area contributed by atoms with Crippen molar-refractivity contribution in [3.8, 4) is 0 Å². The molecule has 2 N–H and O–H groups in total. The van der Waals surface area contributed by atoms with Crippen LogP contribution in [0.1, 0.15) is 19.3 Å². The normalized spacial score (nSPS) is 19.2. The van der Waals surface area contributed by atoms with Gasteiger partial charge in [0.05, 0.1) is 18.0 Å². The summed E-state index contributed by atoms with van der Waals surface area (Å²) < 4.78 is 25.1. The second-order valence-electron chi connectivity index (χ2n) is 5.91. The van der Waals surface area contributed by atoms with Crippen LogP contribution in [0.3, 0.4) is 0 Å². The van der Waals surface area contributed by atoms with Crippen LogP contribution in [0.5, 0.6) is 0 Å². The largest absolute Gasteiger partial charge is 0.325 e. The van der Waals surface area contributed by atoms with Crippen LogP contribution in [0, 0.1) is 5.92 Å². The maximum atomic E-state index is 11.9. The molecule has 2 aliphatic rings. The molecule has 8 heteroatoms. The van der Waals surface area contributed by atoms with Gasteiger partial charge in [-0.2, -0.15) is 0 Å². The van der Waals surface area contributed by atoms with Crippen LogP contribution in [-0.4, -0.2) is 39.7 Å². The van der Waals surface area contributed by atoms with Crippen molar-refractivity contribution >= 4 is 39.7 Å². The Bertz CT molecular complexity index is 644. The van der Waals surface area contributed by atoms with Crippen LogP contribution in [0.4, 0.5) is 11.4 Å². The van der Waals surface area contributed by atoms with Gasteiger partial charge < -0.3 is 10.6 Å². The van der Waals surface area contributed by atoms with Crippen molar-refractivity contribution in [2.45, 2.75) is 19.3 Å². The number of nitrogens with zero attached hydrogens (tertiary/aromatic N) is 1. The third-order valence-electron chi connectivity index (χ3n) is 3.95. The summed E-state index contributed by atoms with van der Waals surface area (Å²) in [6.07, 6.45) is 3.18. The summed E-state index contributed by atoms with van der Waals surface area (Å²) in [5.74, 6) is 0.870. The molecule has 1 amide bonds. The first-order valence-electron chi connectivity index (χ1n) is 7.66. The van der Waals surface area contributed by atoms with E-state index in [0.29, 0.717) is 30.9 Å². The number of carbonyl (C=O) groups excluding carboxylic acids is 1. The van der Waals surface area contributed by atoms with Gasteiger partial charge in [0.25, 0.3) is 0 Å². The Morgan fingerprint density at radius 2 is 1.91 bits per heavy atom. The maximum absolute atomic E-state index is 11.9. The standard InChI is InChI=1S/C15H21N3O3S.ClH/c19-15(11-16-10-12-2-3-12)17-13-4-6-14(7-5-13)18-8-1-9-22(18,20)21;/h4-7,12,16H,1-3,8-11H2,(H,17,19);1H. The molecule has 0 bridgehead atoms. The van der Waals surface area contributed by atoms with Crippen molar-refractivity contribution < 1.29 is 13.2 Å². The molecule has 2 fully saturated rings. The van der Waals surface area contributed by atoms with Gasteiger partial charge in [-0.3, -0.25) is 9.10 Å². The highest BCUT2D eigenvalue weighted by Crippen LogP contribution is 2.27. The number of amides is 1. The smallest absolute Gasteiger partial charge is 0.238 e. The molecule has 3 rings (SSSR count). The maximum Gasteiger partial charge on any atom is 0.238 e. The molecule has 0 atom stereocenters. The number of halogens is 1. The number of hydrogen-bond donors (Lipinski definition) is 2. The van der Waals surface area contributed by atoms with E-state index < -0.39 is 10.0 Å². The molecular formula is C15H22ClN3O3S. The van der Waals surface area contributed by atoms with E-state index in [2.05, 4.69) is 10.6 Å². The zero-order chi connectivity index (χ0) is 15.6. The second-order valence-corrected chi connectivity index (χ2v) is 7.92. The molecule has 0 radical (unpaired) electrons. The molecule has 1 heterocycles. The zero-order valence-corrected chi connectivity index (χ0v) is 14.5. The average molecular weight is 360 g/mol. The lowest BCUT2D eigenvalue weighted by molar-refractivity contribution is -0.115. The van der Waals surface area contributed by atoms with Crippen molar-refractivity contribution in [2.75, 3.05) is 35.0 Å². The zero-order valence-electron chi connectivity index (χ0n) is 12.8. The van der Waals surface area contributed by atoms with E-state index >= 15 is 0 Å². The number of carbonyl (C=O) groups is 1. The van der Waals surface area contributed by atoms with Gasteiger partial charge in [-0.1, -0.05) is 0 Å².